The second kappa shape index (κ2) is 6.27. The summed E-state index contributed by atoms with van der Waals surface area (Å²) in [6, 6.07) is 5.07. The lowest BCUT2D eigenvalue weighted by Gasteiger charge is -2.11. The maximum atomic E-state index is 11.5. The van der Waals surface area contributed by atoms with E-state index in [0.717, 1.165) is 12.8 Å². The second-order valence-corrected chi connectivity index (χ2v) is 4.87. The molecular formula is C14H20N4O2. The first-order valence-corrected chi connectivity index (χ1v) is 6.75. The summed E-state index contributed by atoms with van der Waals surface area (Å²) in [5.74, 6) is 0.186. The van der Waals surface area contributed by atoms with Crippen LogP contribution < -0.4 is 21.7 Å². The normalized spacial score (nSPS) is 13.7. The Morgan fingerprint density at radius 3 is 2.70 bits per heavy atom. The quantitative estimate of drug-likeness (QED) is 0.451. The molecule has 1 aliphatic carbocycles. The Kier molecular flexibility index (Phi) is 4.45. The van der Waals surface area contributed by atoms with E-state index in [9.17, 15) is 9.59 Å². The second-order valence-electron chi connectivity index (χ2n) is 4.87. The van der Waals surface area contributed by atoms with Crippen LogP contribution in [0.5, 0.6) is 0 Å². The number of nitrogen functional groups attached to an aromatic ring is 1. The molecule has 6 heteroatoms. The maximum Gasteiger partial charge on any atom is 0.251 e. The molecule has 0 spiro atoms. The highest BCUT2D eigenvalue weighted by Crippen LogP contribution is 2.28. The molecule has 0 saturated heterocycles. The molecule has 0 radical (unpaired) electrons. The monoisotopic (exact) mass is 276 g/mol. The van der Waals surface area contributed by atoms with Crippen molar-refractivity contribution in [2.75, 3.05) is 31.2 Å². The van der Waals surface area contributed by atoms with Gasteiger partial charge in [0.05, 0.1) is 11.4 Å². The van der Waals surface area contributed by atoms with E-state index in [1.54, 1.807) is 25.2 Å². The molecule has 2 rings (SSSR count). The summed E-state index contributed by atoms with van der Waals surface area (Å²) in [5.41, 5.74) is 7.67. The lowest BCUT2D eigenvalue weighted by atomic mass is 10.1. The molecular weight excluding hydrogens is 256 g/mol. The molecule has 0 aliphatic heterocycles. The zero-order chi connectivity index (χ0) is 14.5. The Morgan fingerprint density at radius 2 is 2.05 bits per heavy atom. The third kappa shape index (κ3) is 3.63. The number of hydrogen-bond acceptors (Lipinski definition) is 4. The summed E-state index contributed by atoms with van der Waals surface area (Å²) >= 11 is 0. The SMILES string of the molecule is CNC(=O)c1ccc(N)c(NCCNC(=O)C2CC2)c1. The molecule has 20 heavy (non-hydrogen) atoms. The van der Waals surface area contributed by atoms with Crippen LogP contribution in [0.1, 0.15) is 23.2 Å². The summed E-state index contributed by atoms with van der Waals surface area (Å²) in [7, 11) is 1.58. The molecule has 0 heterocycles. The van der Waals surface area contributed by atoms with Crippen LogP contribution >= 0.6 is 0 Å². The van der Waals surface area contributed by atoms with Gasteiger partial charge in [0.25, 0.3) is 5.91 Å². The first-order chi connectivity index (χ1) is 9.61. The van der Waals surface area contributed by atoms with Crippen LogP contribution in [0.2, 0.25) is 0 Å². The largest absolute Gasteiger partial charge is 0.397 e. The first kappa shape index (κ1) is 14.2. The smallest absolute Gasteiger partial charge is 0.251 e. The number of nitrogens with two attached hydrogens (primary N) is 1. The van der Waals surface area contributed by atoms with Gasteiger partial charge in [-0.15, -0.1) is 0 Å². The number of carbonyl (C=O) groups is 2. The molecule has 1 saturated carbocycles. The van der Waals surface area contributed by atoms with E-state index in [1.807, 2.05) is 0 Å². The number of amides is 2. The van der Waals surface area contributed by atoms with Gasteiger partial charge in [-0.2, -0.15) is 0 Å². The van der Waals surface area contributed by atoms with Crippen LogP contribution in [0.15, 0.2) is 18.2 Å². The maximum absolute atomic E-state index is 11.5. The molecule has 1 fully saturated rings. The number of hydrogen-bond donors (Lipinski definition) is 4. The van der Waals surface area contributed by atoms with Crippen LogP contribution in [-0.2, 0) is 4.79 Å². The topological polar surface area (TPSA) is 96.2 Å². The van der Waals surface area contributed by atoms with Crippen LogP contribution in [0, 0.1) is 5.92 Å². The predicted octanol–water partition coefficient (Wildman–Crippen LogP) is 0.566. The van der Waals surface area contributed by atoms with Crippen molar-refractivity contribution in [3.8, 4) is 0 Å². The van der Waals surface area contributed by atoms with Crippen molar-refractivity contribution in [2.45, 2.75) is 12.8 Å². The zero-order valence-electron chi connectivity index (χ0n) is 11.5. The molecule has 5 N–H and O–H groups in total. The van der Waals surface area contributed by atoms with Crippen molar-refractivity contribution in [3.63, 3.8) is 0 Å². The van der Waals surface area contributed by atoms with Crippen LogP contribution in [0.4, 0.5) is 11.4 Å². The minimum atomic E-state index is -0.157. The van der Waals surface area contributed by atoms with E-state index in [1.165, 1.54) is 0 Å². The predicted molar refractivity (Wildman–Crippen MR) is 78.5 cm³/mol. The van der Waals surface area contributed by atoms with Crippen molar-refractivity contribution in [1.29, 1.82) is 0 Å². The van der Waals surface area contributed by atoms with E-state index in [4.69, 9.17) is 5.73 Å². The van der Waals surface area contributed by atoms with Crippen molar-refractivity contribution in [1.82, 2.24) is 10.6 Å². The van der Waals surface area contributed by atoms with Gasteiger partial charge in [0, 0.05) is 31.6 Å². The standard InChI is InChI=1S/C14H20N4O2/c1-16-13(19)10-4-5-11(15)12(8-10)17-6-7-18-14(20)9-2-3-9/h4-5,8-9,17H,2-3,6-7,15H2,1H3,(H,16,19)(H,18,20). The van der Waals surface area contributed by atoms with Gasteiger partial charge in [-0.3, -0.25) is 9.59 Å². The minimum Gasteiger partial charge on any atom is -0.397 e. The number of benzene rings is 1. The highest BCUT2D eigenvalue weighted by atomic mass is 16.2. The van der Waals surface area contributed by atoms with E-state index in [0.29, 0.717) is 30.0 Å². The highest BCUT2D eigenvalue weighted by molar-refractivity contribution is 5.96. The molecule has 0 aromatic heterocycles. The average molecular weight is 276 g/mol. The van der Waals surface area contributed by atoms with Gasteiger partial charge in [0.15, 0.2) is 0 Å². The molecule has 108 valence electrons. The fourth-order valence-corrected chi connectivity index (χ4v) is 1.87. The van der Waals surface area contributed by atoms with E-state index >= 15 is 0 Å². The number of carbonyl (C=O) groups excluding carboxylic acids is 2. The summed E-state index contributed by atoms with van der Waals surface area (Å²) in [5, 5.41) is 8.55. The van der Waals surface area contributed by atoms with Gasteiger partial charge >= 0.3 is 0 Å². The summed E-state index contributed by atoms with van der Waals surface area (Å²) < 4.78 is 0. The van der Waals surface area contributed by atoms with Crippen molar-refractivity contribution >= 4 is 23.2 Å². The summed E-state index contributed by atoms with van der Waals surface area (Å²) in [6.45, 7) is 1.11. The van der Waals surface area contributed by atoms with Gasteiger partial charge in [0.2, 0.25) is 5.91 Å². The Labute approximate surface area is 118 Å². The summed E-state index contributed by atoms with van der Waals surface area (Å²) in [6.07, 6.45) is 2.00. The molecule has 1 aliphatic rings. The molecule has 6 nitrogen and oxygen atoms in total. The van der Waals surface area contributed by atoms with Crippen molar-refractivity contribution < 1.29 is 9.59 Å². The van der Waals surface area contributed by atoms with Gasteiger partial charge < -0.3 is 21.7 Å². The number of rotatable bonds is 6. The Balaban J connectivity index is 1.84. The third-order valence-electron chi connectivity index (χ3n) is 3.23. The molecule has 1 aromatic rings. The summed E-state index contributed by atoms with van der Waals surface area (Å²) in [4.78, 5) is 23.0. The Morgan fingerprint density at radius 1 is 1.30 bits per heavy atom. The van der Waals surface area contributed by atoms with Crippen LogP contribution in [0.3, 0.4) is 0 Å². The van der Waals surface area contributed by atoms with Crippen molar-refractivity contribution in [3.05, 3.63) is 23.8 Å². The lowest BCUT2D eigenvalue weighted by molar-refractivity contribution is -0.122. The van der Waals surface area contributed by atoms with E-state index < -0.39 is 0 Å². The van der Waals surface area contributed by atoms with Gasteiger partial charge in [-0.1, -0.05) is 0 Å². The fourth-order valence-electron chi connectivity index (χ4n) is 1.87. The van der Waals surface area contributed by atoms with E-state index in [2.05, 4.69) is 16.0 Å². The Bertz CT molecular complexity index is 512. The Hall–Kier alpha value is -2.24. The minimum absolute atomic E-state index is 0.124. The first-order valence-electron chi connectivity index (χ1n) is 6.75. The van der Waals surface area contributed by atoms with Crippen molar-refractivity contribution in [2.24, 2.45) is 5.92 Å². The molecule has 0 atom stereocenters. The number of anilines is 2. The van der Waals surface area contributed by atoms with Crippen LogP contribution in [-0.4, -0.2) is 32.0 Å². The molecule has 0 unspecified atom stereocenters. The molecule has 0 bridgehead atoms. The molecule has 2 amide bonds. The van der Waals surface area contributed by atoms with Gasteiger partial charge in [-0.05, 0) is 31.0 Å². The lowest BCUT2D eigenvalue weighted by Crippen LogP contribution is -2.30. The average Bonchev–Trinajstić information content (AvgIpc) is 3.28. The van der Waals surface area contributed by atoms with Gasteiger partial charge in [-0.25, -0.2) is 0 Å². The third-order valence-corrected chi connectivity index (χ3v) is 3.23. The fraction of sp³-hybridized carbons (Fsp3) is 0.429. The van der Waals surface area contributed by atoms with E-state index in [-0.39, 0.29) is 17.7 Å². The zero-order valence-corrected chi connectivity index (χ0v) is 11.5. The number of nitrogens with one attached hydrogen (secondary N) is 3. The van der Waals surface area contributed by atoms with Crippen LogP contribution in [0.25, 0.3) is 0 Å². The molecule has 1 aromatic carbocycles. The highest BCUT2D eigenvalue weighted by Gasteiger charge is 2.28. The van der Waals surface area contributed by atoms with Gasteiger partial charge in [0.1, 0.15) is 0 Å².